The molecule has 65 valence electrons. The standard InChI is InChI=1S/C6H10Br3N2/c7-6(8,9)11-4-1-2-10-3-5-11/h1-5H2. The Bertz CT molecular complexity index is 115. The third-order valence-electron chi connectivity index (χ3n) is 1.63. The zero-order chi connectivity index (χ0) is 8.32. The van der Waals surface area contributed by atoms with Crippen molar-refractivity contribution in [3.63, 3.8) is 0 Å². The van der Waals surface area contributed by atoms with Crippen LogP contribution in [0.4, 0.5) is 0 Å². The molecule has 0 N–H and O–H groups in total. The van der Waals surface area contributed by atoms with Gasteiger partial charge in [-0.05, 0) is 54.2 Å². The van der Waals surface area contributed by atoms with Crippen molar-refractivity contribution < 1.29 is 0 Å². The van der Waals surface area contributed by atoms with E-state index in [-0.39, 0.29) is 2.27 Å². The Balaban J connectivity index is 2.43. The minimum atomic E-state index is -0.229. The summed E-state index contributed by atoms with van der Waals surface area (Å²) in [4.78, 5) is 2.27. The van der Waals surface area contributed by atoms with E-state index in [0.29, 0.717) is 0 Å². The molecular formula is C6H10Br3N2. The molecule has 1 aliphatic rings. The Hall–Kier alpha value is 1.36. The lowest BCUT2D eigenvalue weighted by atomic mass is 10.4. The summed E-state index contributed by atoms with van der Waals surface area (Å²) in [5, 5.41) is 4.33. The average Bonchev–Trinajstić information content (AvgIpc) is 2.10. The lowest BCUT2D eigenvalue weighted by molar-refractivity contribution is 0.319. The molecule has 0 aromatic rings. The molecule has 0 spiro atoms. The van der Waals surface area contributed by atoms with Crippen molar-refractivity contribution in [1.82, 2.24) is 10.2 Å². The van der Waals surface area contributed by atoms with Gasteiger partial charge in [-0.25, -0.2) is 5.32 Å². The lowest BCUT2D eigenvalue weighted by Crippen LogP contribution is -2.36. The second kappa shape index (κ2) is 4.56. The van der Waals surface area contributed by atoms with Gasteiger partial charge in [0.25, 0.3) is 0 Å². The van der Waals surface area contributed by atoms with E-state index < -0.39 is 0 Å². The second-order valence-electron chi connectivity index (χ2n) is 2.48. The molecule has 0 saturated carbocycles. The van der Waals surface area contributed by atoms with Crippen LogP contribution in [0.2, 0.25) is 0 Å². The van der Waals surface area contributed by atoms with Crippen molar-refractivity contribution in [2.24, 2.45) is 0 Å². The van der Waals surface area contributed by atoms with Gasteiger partial charge in [0, 0.05) is 26.2 Å². The van der Waals surface area contributed by atoms with Gasteiger partial charge in [0.1, 0.15) is 0 Å². The Labute approximate surface area is 92.5 Å². The topological polar surface area (TPSA) is 17.3 Å². The molecule has 0 bridgehead atoms. The van der Waals surface area contributed by atoms with Gasteiger partial charge in [-0.3, -0.25) is 4.90 Å². The molecule has 1 fully saturated rings. The first-order valence-electron chi connectivity index (χ1n) is 3.56. The van der Waals surface area contributed by atoms with Gasteiger partial charge in [-0.15, -0.1) is 0 Å². The van der Waals surface area contributed by atoms with Crippen molar-refractivity contribution in [3.8, 4) is 0 Å². The highest BCUT2D eigenvalue weighted by molar-refractivity contribution is 9.39. The van der Waals surface area contributed by atoms with E-state index in [1.54, 1.807) is 0 Å². The fourth-order valence-corrected chi connectivity index (χ4v) is 2.11. The molecule has 1 heterocycles. The van der Waals surface area contributed by atoms with Crippen molar-refractivity contribution in [2.45, 2.75) is 8.69 Å². The normalized spacial score (nSPS) is 23.2. The number of hydrogen-bond acceptors (Lipinski definition) is 1. The van der Waals surface area contributed by atoms with E-state index in [1.807, 2.05) is 0 Å². The predicted molar refractivity (Wildman–Crippen MR) is 57.6 cm³/mol. The number of hydrogen-bond donors (Lipinski definition) is 0. The second-order valence-corrected chi connectivity index (χ2v) is 9.11. The SMILES string of the molecule is BrC(Br)(Br)N1CCC[N]CC1. The zero-order valence-corrected chi connectivity index (χ0v) is 10.8. The van der Waals surface area contributed by atoms with Crippen LogP contribution in [0.15, 0.2) is 0 Å². The van der Waals surface area contributed by atoms with E-state index in [2.05, 4.69) is 58.0 Å². The van der Waals surface area contributed by atoms with Crippen LogP contribution in [0.5, 0.6) is 0 Å². The first kappa shape index (κ1) is 10.4. The van der Waals surface area contributed by atoms with Crippen LogP contribution < -0.4 is 5.32 Å². The molecule has 11 heavy (non-hydrogen) atoms. The molecule has 0 aromatic heterocycles. The van der Waals surface area contributed by atoms with Gasteiger partial charge >= 0.3 is 0 Å². The third-order valence-corrected chi connectivity index (χ3v) is 3.14. The van der Waals surface area contributed by atoms with Gasteiger partial charge in [0.15, 0.2) is 2.27 Å². The first-order valence-corrected chi connectivity index (χ1v) is 5.93. The lowest BCUT2D eigenvalue weighted by Gasteiger charge is -2.28. The summed E-state index contributed by atoms with van der Waals surface area (Å²) in [6, 6.07) is 0. The van der Waals surface area contributed by atoms with E-state index in [0.717, 1.165) is 32.6 Å². The van der Waals surface area contributed by atoms with Gasteiger partial charge in [0.05, 0.1) is 0 Å². The van der Waals surface area contributed by atoms with Crippen LogP contribution in [0.25, 0.3) is 0 Å². The van der Waals surface area contributed by atoms with Crippen LogP contribution >= 0.6 is 47.8 Å². The van der Waals surface area contributed by atoms with Gasteiger partial charge in [0.2, 0.25) is 0 Å². The molecule has 0 aliphatic carbocycles. The van der Waals surface area contributed by atoms with Gasteiger partial charge in [-0.2, -0.15) is 0 Å². The molecule has 1 saturated heterocycles. The maximum atomic E-state index is 4.33. The Morgan fingerprint density at radius 3 is 2.45 bits per heavy atom. The van der Waals surface area contributed by atoms with Crippen molar-refractivity contribution in [3.05, 3.63) is 0 Å². The maximum Gasteiger partial charge on any atom is 0.188 e. The minimum absolute atomic E-state index is 0.229. The Morgan fingerprint density at radius 2 is 1.82 bits per heavy atom. The van der Waals surface area contributed by atoms with Gasteiger partial charge in [-0.1, -0.05) is 0 Å². The van der Waals surface area contributed by atoms with Gasteiger partial charge < -0.3 is 0 Å². The van der Waals surface area contributed by atoms with Crippen molar-refractivity contribution >= 4 is 47.8 Å². The molecule has 2 nitrogen and oxygen atoms in total. The maximum absolute atomic E-state index is 4.33. The Morgan fingerprint density at radius 1 is 1.09 bits per heavy atom. The molecule has 5 heteroatoms. The fraction of sp³-hybridized carbons (Fsp3) is 1.00. The summed E-state index contributed by atoms with van der Waals surface area (Å²) in [5.41, 5.74) is 0. The molecule has 1 rings (SSSR count). The van der Waals surface area contributed by atoms with E-state index >= 15 is 0 Å². The summed E-state index contributed by atoms with van der Waals surface area (Å²) >= 11 is 10.5. The van der Waals surface area contributed by atoms with Crippen LogP contribution in [0.3, 0.4) is 0 Å². The number of rotatable bonds is 0. The van der Waals surface area contributed by atoms with Crippen LogP contribution in [0.1, 0.15) is 6.42 Å². The molecule has 0 aromatic carbocycles. The Kier molecular flexibility index (Phi) is 4.32. The predicted octanol–water partition coefficient (Wildman–Crippen LogP) is 2.09. The molecule has 0 unspecified atom stereocenters. The van der Waals surface area contributed by atoms with E-state index in [1.165, 1.54) is 0 Å². The fourth-order valence-electron chi connectivity index (χ4n) is 1.04. The van der Waals surface area contributed by atoms with E-state index in [9.17, 15) is 0 Å². The summed E-state index contributed by atoms with van der Waals surface area (Å²) in [5.74, 6) is 0. The highest BCUT2D eigenvalue weighted by Gasteiger charge is 2.27. The van der Waals surface area contributed by atoms with Crippen molar-refractivity contribution in [1.29, 1.82) is 0 Å². The number of nitrogens with zero attached hydrogens (tertiary/aromatic N) is 2. The highest BCUT2D eigenvalue weighted by atomic mass is 80.0. The van der Waals surface area contributed by atoms with Crippen LogP contribution in [0, 0.1) is 0 Å². The highest BCUT2D eigenvalue weighted by Crippen LogP contribution is 2.37. The van der Waals surface area contributed by atoms with Crippen LogP contribution in [-0.4, -0.2) is 33.3 Å². The number of halogens is 3. The summed E-state index contributed by atoms with van der Waals surface area (Å²) in [7, 11) is 0. The van der Waals surface area contributed by atoms with E-state index in [4.69, 9.17) is 0 Å². The monoisotopic (exact) mass is 347 g/mol. The molecular weight excluding hydrogens is 340 g/mol. The quantitative estimate of drug-likeness (QED) is 0.483. The molecule has 1 aliphatic heterocycles. The summed E-state index contributed by atoms with van der Waals surface area (Å²) in [6.07, 6.45) is 1.14. The van der Waals surface area contributed by atoms with Crippen molar-refractivity contribution in [2.75, 3.05) is 26.2 Å². The van der Waals surface area contributed by atoms with Crippen LogP contribution in [-0.2, 0) is 0 Å². The third kappa shape index (κ3) is 3.72. The molecule has 1 radical (unpaired) electrons. The summed E-state index contributed by atoms with van der Waals surface area (Å²) in [6.45, 7) is 4.01. The largest absolute Gasteiger partial charge is 0.269 e. The summed E-state index contributed by atoms with van der Waals surface area (Å²) < 4.78 is -0.229. The first-order chi connectivity index (χ1) is 5.11. The smallest absolute Gasteiger partial charge is 0.188 e. The molecule has 0 atom stereocenters. The zero-order valence-electron chi connectivity index (χ0n) is 6.06. The minimum Gasteiger partial charge on any atom is -0.269 e. The number of alkyl halides is 3. The average molecular weight is 350 g/mol. The molecule has 0 amide bonds.